The molecular formula is C20H29FN4O2. The Morgan fingerprint density at radius 3 is 2.74 bits per heavy atom. The van der Waals surface area contributed by atoms with Gasteiger partial charge in [-0.2, -0.15) is 0 Å². The topological polar surface area (TPSA) is 55.9 Å². The summed E-state index contributed by atoms with van der Waals surface area (Å²) in [6, 6.07) is 6.03. The summed E-state index contributed by atoms with van der Waals surface area (Å²) in [7, 11) is 1.79. The van der Waals surface area contributed by atoms with Crippen molar-refractivity contribution in [2.45, 2.75) is 31.8 Å². The molecule has 6 nitrogen and oxygen atoms in total. The van der Waals surface area contributed by atoms with E-state index in [1.165, 1.54) is 18.9 Å². The van der Waals surface area contributed by atoms with Gasteiger partial charge in [0.05, 0.1) is 12.5 Å². The van der Waals surface area contributed by atoms with Gasteiger partial charge in [-0.15, -0.1) is 0 Å². The highest BCUT2D eigenvalue weighted by molar-refractivity contribution is 5.88. The van der Waals surface area contributed by atoms with Crippen molar-refractivity contribution in [1.82, 2.24) is 20.0 Å². The molecule has 0 aliphatic carbocycles. The molecule has 1 aromatic carbocycles. The van der Waals surface area contributed by atoms with Crippen LogP contribution in [0.3, 0.4) is 0 Å². The molecule has 0 radical (unpaired) electrons. The molecule has 0 unspecified atom stereocenters. The van der Waals surface area contributed by atoms with Gasteiger partial charge < -0.3 is 15.1 Å². The highest BCUT2D eigenvalue weighted by atomic mass is 19.1. The summed E-state index contributed by atoms with van der Waals surface area (Å²) in [5, 5.41) is 2.83. The number of likely N-dealkylation sites (N-methyl/N-ethyl adjacent to an activating group) is 1. The molecular weight excluding hydrogens is 347 g/mol. The van der Waals surface area contributed by atoms with Gasteiger partial charge in [0.25, 0.3) is 0 Å². The van der Waals surface area contributed by atoms with Crippen LogP contribution >= 0.6 is 0 Å². The fourth-order valence-electron chi connectivity index (χ4n) is 3.76. The Balaban J connectivity index is 1.58. The standard InChI is InChI=1S/C20H29FN4O2/c1-23(12-13-24-9-4-5-10-24)19(26)14-18-20(27)22-8-11-25(18)15-16-6-2-3-7-17(16)21/h2-3,6-7,18H,4-5,8-15H2,1H3,(H,22,27)/t18-/m0/s1. The van der Waals surface area contributed by atoms with E-state index < -0.39 is 6.04 Å². The van der Waals surface area contributed by atoms with E-state index in [2.05, 4.69) is 10.2 Å². The first-order chi connectivity index (χ1) is 13.0. The van der Waals surface area contributed by atoms with Gasteiger partial charge in [0.1, 0.15) is 5.82 Å². The van der Waals surface area contributed by atoms with E-state index in [9.17, 15) is 14.0 Å². The number of nitrogens with one attached hydrogen (secondary N) is 1. The second-order valence-electron chi connectivity index (χ2n) is 7.44. The average Bonchev–Trinajstić information content (AvgIpc) is 3.18. The molecule has 2 saturated heterocycles. The van der Waals surface area contributed by atoms with E-state index in [1.807, 2.05) is 4.90 Å². The van der Waals surface area contributed by atoms with Crippen LogP contribution in [0.25, 0.3) is 0 Å². The molecule has 0 bridgehead atoms. The molecule has 3 rings (SSSR count). The molecule has 2 amide bonds. The lowest BCUT2D eigenvalue weighted by atomic mass is 10.1. The molecule has 27 heavy (non-hydrogen) atoms. The fourth-order valence-corrected chi connectivity index (χ4v) is 3.76. The van der Waals surface area contributed by atoms with Crippen LogP contribution < -0.4 is 5.32 Å². The number of carbonyl (C=O) groups excluding carboxylic acids is 2. The quantitative estimate of drug-likeness (QED) is 0.774. The van der Waals surface area contributed by atoms with Crippen LogP contribution in [0.2, 0.25) is 0 Å². The van der Waals surface area contributed by atoms with E-state index in [1.54, 1.807) is 30.1 Å². The third-order valence-electron chi connectivity index (χ3n) is 5.52. The minimum Gasteiger partial charge on any atom is -0.353 e. The third-order valence-corrected chi connectivity index (χ3v) is 5.52. The van der Waals surface area contributed by atoms with Crippen LogP contribution in [0.1, 0.15) is 24.8 Å². The van der Waals surface area contributed by atoms with Gasteiger partial charge in [-0.1, -0.05) is 18.2 Å². The number of nitrogens with zero attached hydrogens (tertiary/aromatic N) is 3. The summed E-state index contributed by atoms with van der Waals surface area (Å²) in [5.74, 6) is -0.482. The Bertz CT molecular complexity index is 663. The van der Waals surface area contributed by atoms with Crippen molar-refractivity contribution in [3.05, 3.63) is 35.6 Å². The van der Waals surface area contributed by atoms with E-state index in [0.29, 0.717) is 31.7 Å². The van der Waals surface area contributed by atoms with Crippen LogP contribution in [-0.4, -0.2) is 78.9 Å². The summed E-state index contributed by atoms with van der Waals surface area (Å²) in [4.78, 5) is 31.0. The molecule has 2 aliphatic rings. The molecule has 1 N–H and O–H groups in total. The molecule has 0 saturated carbocycles. The number of likely N-dealkylation sites (tertiary alicyclic amines) is 1. The lowest BCUT2D eigenvalue weighted by molar-refractivity contribution is -0.138. The molecule has 2 heterocycles. The van der Waals surface area contributed by atoms with Gasteiger partial charge in [0.15, 0.2) is 0 Å². The molecule has 0 spiro atoms. The number of benzene rings is 1. The van der Waals surface area contributed by atoms with Crippen LogP contribution in [0, 0.1) is 5.82 Å². The van der Waals surface area contributed by atoms with E-state index >= 15 is 0 Å². The zero-order chi connectivity index (χ0) is 19.2. The molecule has 1 atom stereocenters. The normalized spacial score (nSPS) is 21.3. The molecule has 1 aromatic rings. The minimum atomic E-state index is -0.555. The number of hydrogen-bond donors (Lipinski definition) is 1. The maximum atomic E-state index is 14.0. The highest BCUT2D eigenvalue weighted by Crippen LogP contribution is 2.17. The summed E-state index contributed by atoms with van der Waals surface area (Å²) in [5.41, 5.74) is 0.548. The van der Waals surface area contributed by atoms with Crippen molar-refractivity contribution in [2.24, 2.45) is 0 Å². The molecule has 148 valence electrons. The first kappa shape index (κ1) is 19.8. The third kappa shape index (κ3) is 5.26. The lowest BCUT2D eigenvalue weighted by Gasteiger charge is -2.35. The zero-order valence-corrected chi connectivity index (χ0v) is 16.0. The Morgan fingerprint density at radius 2 is 2.00 bits per heavy atom. The second-order valence-corrected chi connectivity index (χ2v) is 7.44. The summed E-state index contributed by atoms with van der Waals surface area (Å²) in [6.07, 6.45) is 2.58. The maximum absolute atomic E-state index is 14.0. The predicted molar refractivity (Wildman–Crippen MR) is 102 cm³/mol. The smallest absolute Gasteiger partial charge is 0.237 e. The molecule has 7 heteroatoms. The van der Waals surface area contributed by atoms with Gasteiger partial charge >= 0.3 is 0 Å². The molecule has 2 aliphatic heterocycles. The van der Waals surface area contributed by atoms with Crippen LogP contribution in [0.5, 0.6) is 0 Å². The van der Waals surface area contributed by atoms with E-state index in [0.717, 1.165) is 19.6 Å². The number of amides is 2. The maximum Gasteiger partial charge on any atom is 0.237 e. The number of halogens is 1. The van der Waals surface area contributed by atoms with Gasteiger partial charge in [-0.25, -0.2) is 4.39 Å². The molecule has 0 aromatic heterocycles. The van der Waals surface area contributed by atoms with E-state index in [-0.39, 0.29) is 24.1 Å². The summed E-state index contributed by atoms with van der Waals surface area (Å²) in [6.45, 7) is 5.19. The van der Waals surface area contributed by atoms with Gasteiger partial charge in [-0.05, 0) is 32.0 Å². The number of carbonyl (C=O) groups is 2. The van der Waals surface area contributed by atoms with Gasteiger partial charge in [-0.3, -0.25) is 14.5 Å². The van der Waals surface area contributed by atoms with Crippen molar-refractivity contribution in [3.63, 3.8) is 0 Å². The van der Waals surface area contributed by atoms with Crippen LogP contribution in [0.4, 0.5) is 4.39 Å². The summed E-state index contributed by atoms with van der Waals surface area (Å²) >= 11 is 0. The van der Waals surface area contributed by atoms with Crippen molar-refractivity contribution in [3.8, 4) is 0 Å². The van der Waals surface area contributed by atoms with Gasteiger partial charge in [0.2, 0.25) is 11.8 Å². The van der Waals surface area contributed by atoms with Crippen molar-refractivity contribution >= 4 is 11.8 Å². The van der Waals surface area contributed by atoms with Crippen LogP contribution in [0.15, 0.2) is 24.3 Å². The predicted octanol–water partition coefficient (Wildman–Crippen LogP) is 1.07. The lowest BCUT2D eigenvalue weighted by Crippen LogP contribution is -2.56. The first-order valence-electron chi connectivity index (χ1n) is 9.76. The SMILES string of the molecule is CN(CCN1CCCC1)C(=O)C[C@H]1C(=O)NCCN1Cc1ccccc1F. The number of hydrogen-bond acceptors (Lipinski definition) is 4. The minimum absolute atomic E-state index is 0.0465. The van der Waals surface area contributed by atoms with Gasteiger partial charge in [0, 0.05) is 45.3 Å². The Labute approximate surface area is 160 Å². The fraction of sp³-hybridized carbons (Fsp3) is 0.600. The van der Waals surface area contributed by atoms with E-state index in [4.69, 9.17) is 0 Å². The molecule has 2 fully saturated rings. The van der Waals surface area contributed by atoms with Crippen LogP contribution in [-0.2, 0) is 16.1 Å². The Morgan fingerprint density at radius 1 is 1.26 bits per heavy atom. The van der Waals surface area contributed by atoms with Crippen molar-refractivity contribution in [1.29, 1.82) is 0 Å². The Hall–Kier alpha value is -1.99. The summed E-state index contributed by atoms with van der Waals surface area (Å²) < 4.78 is 14.0. The van der Waals surface area contributed by atoms with Crippen molar-refractivity contribution < 1.29 is 14.0 Å². The monoisotopic (exact) mass is 376 g/mol. The number of piperazine rings is 1. The average molecular weight is 376 g/mol. The number of rotatable bonds is 7. The van der Waals surface area contributed by atoms with Crippen molar-refractivity contribution in [2.75, 3.05) is 46.3 Å². The Kier molecular flexibility index (Phi) is 6.79. The second kappa shape index (κ2) is 9.28. The first-order valence-corrected chi connectivity index (χ1v) is 9.76. The zero-order valence-electron chi connectivity index (χ0n) is 16.0. The highest BCUT2D eigenvalue weighted by Gasteiger charge is 2.32. The largest absolute Gasteiger partial charge is 0.353 e.